The Balaban J connectivity index is 2.66. The lowest BCUT2D eigenvalue weighted by Gasteiger charge is -2.00. The Bertz CT molecular complexity index is 333. The van der Waals surface area contributed by atoms with Crippen LogP contribution in [-0.4, -0.2) is 6.21 Å². The van der Waals surface area contributed by atoms with Crippen molar-refractivity contribution in [2.75, 3.05) is 0 Å². The molecule has 1 aliphatic heterocycles. The fourth-order valence-electron chi connectivity index (χ4n) is 1.14. The number of halogens is 2. The largest absolute Gasteiger partial charge is 0.288 e. The number of benzene rings is 1. The predicted octanol–water partition coefficient (Wildman–Crippen LogP) is 2.99. The highest BCUT2D eigenvalue weighted by atomic mass is 127. The quantitative estimate of drug-likeness (QED) is 0.651. The topological polar surface area (TPSA) is 12.4 Å². The Morgan fingerprint density at radius 3 is 3.09 bits per heavy atom. The van der Waals surface area contributed by atoms with Crippen molar-refractivity contribution in [3.05, 3.63) is 31.3 Å². The van der Waals surface area contributed by atoms with Gasteiger partial charge in [0.1, 0.15) is 0 Å². The van der Waals surface area contributed by atoms with Crippen molar-refractivity contribution >= 4 is 44.7 Å². The van der Waals surface area contributed by atoms with Crippen LogP contribution in [0.3, 0.4) is 0 Å². The third-order valence-electron chi connectivity index (χ3n) is 1.67. The van der Waals surface area contributed by atoms with Crippen LogP contribution in [0.15, 0.2) is 21.6 Å². The van der Waals surface area contributed by atoms with E-state index in [2.05, 4.69) is 55.6 Å². The lowest BCUT2D eigenvalue weighted by Crippen LogP contribution is -1.88. The van der Waals surface area contributed by atoms with E-state index in [1.807, 2.05) is 6.21 Å². The zero-order valence-corrected chi connectivity index (χ0v) is 9.39. The molecule has 56 valence electrons. The van der Waals surface area contributed by atoms with Crippen molar-refractivity contribution in [1.29, 1.82) is 0 Å². The van der Waals surface area contributed by atoms with Crippen LogP contribution >= 0.6 is 38.5 Å². The molecule has 11 heavy (non-hydrogen) atoms. The van der Waals surface area contributed by atoms with E-state index in [4.69, 9.17) is 0 Å². The van der Waals surface area contributed by atoms with Crippen LogP contribution in [0.5, 0.6) is 0 Å². The lowest BCUT2D eigenvalue weighted by molar-refractivity contribution is 1.10. The molecule has 0 saturated carbocycles. The van der Waals surface area contributed by atoms with Gasteiger partial charge in [-0.1, -0.05) is 15.9 Å². The van der Waals surface area contributed by atoms with Crippen molar-refractivity contribution < 1.29 is 0 Å². The van der Waals surface area contributed by atoms with E-state index in [1.165, 1.54) is 14.7 Å². The fraction of sp³-hybridized carbons (Fsp3) is 0.125. The van der Waals surface area contributed by atoms with Gasteiger partial charge in [-0.05, 0) is 45.9 Å². The van der Waals surface area contributed by atoms with Gasteiger partial charge >= 0.3 is 0 Å². The van der Waals surface area contributed by atoms with Crippen LogP contribution in [-0.2, 0) is 6.54 Å². The first-order valence-corrected chi connectivity index (χ1v) is 5.12. The summed E-state index contributed by atoms with van der Waals surface area (Å²) in [6.45, 7) is 0.848. The van der Waals surface area contributed by atoms with Gasteiger partial charge in [-0.25, -0.2) is 0 Å². The van der Waals surface area contributed by atoms with Crippen LogP contribution in [0, 0.1) is 3.57 Å². The maximum atomic E-state index is 4.20. The molecule has 0 unspecified atom stereocenters. The summed E-state index contributed by atoms with van der Waals surface area (Å²) in [5.41, 5.74) is 2.61. The zero-order chi connectivity index (χ0) is 7.84. The number of nitrogens with zero attached hydrogens (tertiary/aromatic N) is 1. The molecule has 1 aromatic carbocycles. The summed E-state index contributed by atoms with van der Waals surface area (Å²) in [5, 5.41) is 0. The normalized spacial score (nSPS) is 13.6. The standard InChI is InChI=1S/C8H5BrIN/c9-6-1-5-3-11-4-7(5)8(10)2-6/h1-3H,4H2. The van der Waals surface area contributed by atoms with Crippen molar-refractivity contribution in [2.45, 2.75) is 6.54 Å². The highest BCUT2D eigenvalue weighted by molar-refractivity contribution is 14.1. The van der Waals surface area contributed by atoms with Crippen LogP contribution in [0.4, 0.5) is 0 Å². The van der Waals surface area contributed by atoms with Gasteiger partial charge in [0.25, 0.3) is 0 Å². The van der Waals surface area contributed by atoms with Crippen molar-refractivity contribution in [1.82, 2.24) is 0 Å². The third kappa shape index (κ3) is 1.36. The van der Waals surface area contributed by atoms with E-state index in [9.17, 15) is 0 Å². The van der Waals surface area contributed by atoms with E-state index in [-0.39, 0.29) is 0 Å². The van der Waals surface area contributed by atoms with Gasteiger partial charge in [0.2, 0.25) is 0 Å². The Morgan fingerprint density at radius 2 is 2.27 bits per heavy atom. The molecule has 0 atom stereocenters. The van der Waals surface area contributed by atoms with E-state index in [1.54, 1.807) is 0 Å². The first-order chi connectivity index (χ1) is 5.27. The average molecular weight is 322 g/mol. The van der Waals surface area contributed by atoms with E-state index >= 15 is 0 Å². The monoisotopic (exact) mass is 321 g/mol. The van der Waals surface area contributed by atoms with Crippen molar-refractivity contribution in [2.24, 2.45) is 4.99 Å². The molecule has 0 radical (unpaired) electrons. The Hall–Kier alpha value is 0.1000. The second-order valence-electron chi connectivity index (χ2n) is 2.43. The molecule has 1 nitrogen and oxygen atoms in total. The Kier molecular flexibility index (Phi) is 2.01. The summed E-state index contributed by atoms with van der Waals surface area (Å²) < 4.78 is 2.43. The van der Waals surface area contributed by atoms with Gasteiger partial charge in [0.05, 0.1) is 6.54 Å². The summed E-state index contributed by atoms with van der Waals surface area (Å²) in [6.07, 6.45) is 1.93. The molecule has 0 N–H and O–H groups in total. The van der Waals surface area contributed by atoms with E-state index in [0.717, 1.165) is 11.0 Å². The molecule has 0 fully saturated rings. The van der Waals surface area contributed by atoms with Crippen molar-refractivity contribution in [3.8, 4) is 0 Å². The summed E-state index contributed by atoms with van der Waals surface area (Å²) in [5.74, 6) is 0. The molecule has 0 aliphatic carbocycles. The number of fused-ring (bicyclic) bond motifs is 1. The molecule has 0 aromatic heterocycles. The average Bonchev–Trinajstić information content (AvgIpc) is 2.34. The summed E-state index contributed by atoms with van der Waals surface area (Å²) in [6, 6.07) is 4.22. The minimum Gasteiger partial charge on any atom is -0.288 e. The minimum absolute atomic E-state index is 0.848. The SMILES string of the molecule is Brc1cc(I)c2c(c1)C=NC2. The van der Waals surface area contributed by atoms with Crippen LogP contribution in [0.25, 0.3) is 0 Å². The van der Waals surface area contributed by atoms with Gasteiger partial charge in [-0.3, -0.25) is 4.99 Å². The summed E-state index contributed by atoms with van der Waals surface area (Å²) in [7, 11) is 0. The Morgan fingerprint density at radius 1 is 1.45 bits per heavy atom. The van der Waals surface area contributed by atoms with Gasteiger partial charge in [-0.15, -0.1) is 0 Å². The van der Waals surface area contributed by atoms with Crippen LogP contribution < -0.4 is 0 Å². The second kappa shape index (κ2) is 2.86. The zero-order valence-electron chi connectivity index (χ0n) is 5.64. The van der Waals surface area contributed by atoms with Crippen molar-refractivity contribution in [3.63, 3.8) is 0 Å². The molecule has 3 heteroatoms. The maximum Gasteiger partial charge on any atom is 0.0656 e. The number of rotatable bonds is 0. The minimum atomic E-state index is 0.848. The van der Waals surface area contributed by atoms with Gasteiger partial charge in [0, 0.05) is 14.3 Å². The fourth-order valence-corrected chi connectivity index (χ4v) is 2.86. The van der Waals surface area contributed by atoms with Gasteiger partial charge in [-0.2, -0.15) is 0 Å². The lowest BCUT2D eigenvalue weighted by atomic mass is 10.1. The Labute approximate surface area is 87.2 Å². The maximum absolute atomic E-state index is 4.20. The first kappa shape index (κ1) is 7.73. The molecule has 1 heterocycles. The summed E-state index contributed by atoms with van der Waals surface area (Å²) in [4.78, 5) is 4.20. The third-order valence-corrected chi connectivity index (χ3v) is 3.09. The second-order valence-corrected chi connectivity index (χ2v) is 4.50. The van der Waals surface area contributed by atoms with Gasteiger partial charge in [0.15, 0.2) is 0 Å². The molecule has 1 aromatic rings. The number of hydrogen-bond acceptors (Lipinski definition) is 1. The number of aliphatic imine (C=N–C) groups is 1. The van der Waals surface area contributed by atoms with E-state index in [0.29, 0.717) is 0 Å². The molecular weight excluding hydrogens is 317 g/mol. The molecule has 0 saturated heterocycles. The summed E-state index contributed by atoms with van der Waals surface area (Å²) >= 11 is 5.79. The molecule has 0 spiro atoms. The molecule has 1 aliphatic rings. The molecule has 0 bridgehead atoms. The van der Waals surface area contributed by atoms with E-state index < -0.39 is 0 Å². The predicted molar refractivity (Wildman–Crippen MR) is 58.2 cm³/mol. The molecule has 0 amide bonds. The number of hydrogen-bond donors (Lipinski definition) is 0. The highest BCUT2D eigenvalue weighted by Crippen LogP contribution is 2.25. The molecule has 2 rings (SSSR count). The molecular formula is C8H5BrIN. The first-order valence-electron chi connectivity index (χ1n) is 3.25. The smallest absolute Gasteiger partial charge is 0.0656 e. The van der Waals surface area contributed by atoms with Gasteiger partial charge < -0.3 is 0 Å². The van der Waals surface area contributed by atoms with Crippen LogP contribution in [0.2, 0.25) is 0 Å². The highest BCUT2D eigenvalue weighted by Gasteiger charge is 2.09. The van der Waals surface area contributed by atoms with Crippen LogP contribution in [0.1, 0.15) is 11.1 Å².